The highest BCUT2D eigenvalue weighted by Gasteiger charge is 2.37. The van der Waals surface area contributed by atoms with Crippen LogP contribution in [0.5, 0.6) is 0 Å². The zero-order chi connectivity index (χ0) is 9.19. The van der Waals surface area contributed by atoms with E-state index in [4.69, 9.17) is 0 Å². The Bertz CT molecular complexity index is 144. The highest BCUT2D eigenvalue weighted by atomic mass is 79.9. The van der Waals surface area contributed by atoms with E-state index in [2.05, 4.69) is 36.7 Å². The summed E-state index contributed by atoms with van der Waals surface area (Å²) in [6, 6.07) is 0. The molecule has 0 spiro atoms. The topological polar surface area (TPSA) is 0 Å². The van der Waals surface area contributed by atoms with Gasteiger partial charge in [0.2, 0.25) is 0 Å². The molecule has 0 heterocycles. The van der Waals surface area contributed by atoms with Crippen LogP contribution in [0.1, 0.15) is 52.9 Å². The molecule has 0 aromatic rings. The average molecular weight is 233 g/mol. The van der Waals surface area contributed by atoms with Crippen molar-refractivity contribution in [1.82, 2.24) is 0 Å². The third-order valence-electron chi connectivity index (χ3n) is 3.63. The van der Waals surface area contributed by atoms with Crippen LogP contribution < -0.4 is 0 Å². The molecule has 12 heavy (non-hydrogen) atoms. The molecule has 0 radical (unpaired) electrons. The first kappa shape index (κ1) is 10.6. The van der Waals surface area contributed by atoms with Gasteiger partial charge in [-0.2, -0.15) is 0 Å². The summed E-state index contributed by atoms with van der Waals surface area (Å²) < 4.78 is 0. The fourth-order valence-corrected chi connectivity index (χ4v) is 3.39. The molecule has 0 aliphatic heterocycles. The molecule has 0 amide bonds. The van der Waals surface area contributed by atoms with Crippen LogP contribution in [0.15, 0.2) is 0 Å². The van der Waals surface area contributed by atoms with Gasteiger partial charge in [0, 0.05) is 4.83 Å². The molecular weight excluding hydrogens is 212 g/mol. The van der Waals surface area contributed by atoms with E-state index in [1.807, 2.05) is 0 Å². The summed E-state index contributed by atoms with van der Waals surface area (Å²) in [6.07, 6.45) is 6.92. The van der Waals surface area contributed by atoms with Crippen molar-refractivity contribution in [2.24, 2.45) is 11.3 Å². The Balaban J connectivity index is 2.48. The van der Waals surface area contributed by atoms with Gasteiger partial charge in [0.1, 0.15) is 0 Å². The lowest BCUT2D eigenvalue weighted by Crippen LogP contribution is -2.22. The first-order valence-electron chi connectivity index (χ1n) is 5.22. The number of rotatable bonds is 3. The molecule has 1 aliphatic carbocycles. The van der Waals surface area contributed by atoms with Crippen LogP contribution in [0.4, 0.5) is 0 Å². The molecular formula is C11H21Br. The van der Waals surface area contributed by atoms with E-state index in [1.54, 1.807) is 0 Å². The minimum absolute atomic E-state index is 0.629. The van der Waals surface area contributed by atoms with Crippen molar-refractivity contribution in [3.05, 3.63) is 0 Å². The third-order valence-corrected chi connectivity index (χ3v) is 4.41. The molecule has 0 N–H and O–H groups in total. The van der Waals surface area contributed by atoms with Crippen LogP contribution in [0.2, 0.25) is 0 Å². The maximum Gasteiger partial charge on any atom is 0.0151 e. The molecule has 72 valence electrons. The van der Waals surface area contributed by atoms with Gasteiger partial charge in [-0.15, -0.1) is 0 Å². The summed E-state index contributed by atoms with van der Waals surface area (Å²) >= 11 is 3.73. The molecule has 1 aliphatic rings. The maximum atomic E-state index is 3.73. The molecule has 0 aromatic carbocycles. The molecule has 1 fully saturated rings. The Labute approximate surface area is 85.3 Å². The zero-order valence-electron chi connectivity index (χ0n) is 8.57. The summed E-state index contributed by atoms with van der Waals surface area (Å²) in [5.74, 6) is 0.907. The molecule has 1 heteroatoms. The first-order chi connectivity index (χ1) is 5.58. The fraction of sp³-hybridized carbons (Fsp3) is 1.00. The maximum absolute atomic E-state index is 3.73. The van der Waals surface area contributed by atoms with E-state index >= 15 is 0 Å². The van der Waals surface area contributed by atoms with Crippen LogP contribution in [0, 0.1) is 11.3 Å². The molecule has 0 nitrogen and oxygen atoms in total. The molecule has 3 atom stereocenters. The smallest absolute Gasteiger partial charge is 0.0151 e. The van der Waals surface area contributed by atoms with Crippen molar-refractivity contribution < 1.29 is 0 Å². The summed E-state index contributed by atoms with van der Waals surface area (Å²) in [5, 5.41) is 0. The first-order valence-corrected chi connectivity index (χ1v) is 6.14. The van der Waals surface area contributed by atoms with E-state index in [-0.39, 0.29) is 0 Å². The Hall–Kier alpha value is 0.480. The Morgan fingerprint density at radius 2 is 2.25 bits per heavy atom. The van der Waals surface area contributed by atoms with Crippen LogP contribution in [-0.4, -0.2) is 4.83 Å². The monoisotopic (exact) mass is 232 g/mol. The van der Waals surface area contributed by atoms with Crippen LogP contribution >= 0.6 is 15.9 Å². The van der Waals surface area contributed by atoms with Crippen molar-refractivity contribution in [3.8, 4) is 0 Å². The van der Waals surface area contributed by atoms with Gasteiger partial charge >= 0.3 is 0 Å². The Morgan fingerprint density at radius 3 is 2.67 bits per heavy atom. The van der Waals surface area contributed by atoms with Gasteiger partial charge in [-0.25, -0.2) is 0 Å². The number of hydrogen-bond acceptors (Lipinski definition) is 0. The van der Waals surface area contributed by atoms with Crippen molar-refractivity contribution in [2.45, 2.75) is 57.7 Å². The van der Waals surface area contributed by atoms with E-state index in [0.717, 1.165) is 10.7 Å². The second kappa shape index (κ2) is 4.13. The van der Waals surface area contributed by atoms with Gasteiger partial charge in [0.25, 0.3) is 0 Å². The normalized spacial score (nSPS) is 38.5. The van der Waals surface area contributed by atoms with E-state index in [1.165, 1.54) is 32.1 Å². The summed E-state index contributed by atoms with van der Waals surface area (Å²) in [5.41, 5.74) is 0.629. The average Bonchev–Trinajstić information content (AvgIpc) is 2.33. The molecule has 1 saturated carbocycles. The number of hydrogen-bond donors (Lipinski definition) is 0. The van der Waals surface area contributed by atoms with Crippen LogP contribution in [-0.2, 0) is 0 Å². The van der Waals surface area contributed by atoms with Gasteiger partial charge in [0.15, 0.2) is 0 Å². The van der Waals surface area contributed by atoms with Crippen LogP contribution in [0.3, 0.4) is 0 Å². The minimum atomic E-state index is 0.629. The highest BCUT2D eigenvalue weighted by Crippen LogP contribution is 2.47. The summed E-state index contributed by atoms with van der Waals surface area (Å²) in [7, 11) is 0. The second-order valence-electron chi connectivity index (χ2n) is 4.68. The van der Waals surface area contributed by atoms with Gasteiger partial charge in [-0.3, -0.25) is 0 Å². The van der Waals surface area contributed by atoms with Gasteiger partial charge in [-0.1, -0.05) is 49.5 Å². The lowest BCUT2D eigenvalue weighted by Gasteiger charge is -2.31. The second-order valence-corrected chi connectivity index (χ2v) is 5.98. The predicted octanol–water partition coefficient (Wildman–Crippen LogP) is 4.38. The standard InChI is InChI=1S/C11H21Br/c1-4-5-9(2)11(3)7-6-10(12)8-11/h9-10H,4-8H2,1-3H3. The number of halogens is 1. The minimum Gasteiger partial charge on any atom is -0.0890 e. The van der Waals surface area contributed by atoms with E-state index in [0.29, 0.717) is 5.41 Å². The SMILES string of the molecule is CCCC(C)C1(C)CCC(Br)C1. The van der Waals surface area contributed by atoms with Crippen molar-refractivity contribution in [1.29, 1.82) is 0 Å². The van der Waals surface area contributed by atoms with E-state index < -0.39 is 0 Å². The van der Waals surface area contributed by atoms with E-state index in [9.17, 15) is 0 Å². The molecule has 1 rings (SSSR count). The lowest BCUT2D eigenvalue weighted by atomic mass is 9.75. The van der Waals surface area contributed by atoms with Gasteiger partial charge < -0.3 is 0 Å². The molecule has 0 saturated heterocycles. The third kappa shape index (κ3) is 2.25. The zero-order valence-corrected chi connectivity index (χ0v) is 10.2. The van der Waals surface area contributed by atoms with Crippen molar-refractivity contribution in [2.75, 3.05) is 0 Å². The molecule has 3 unspecified atom stereocenters. The van der Waals surface area contributed by atoms with Gasteiger partial charge in [-0.05, 0) is 30.6 Å². The Morgan fingerprint density at radius 1 is 1.58 bits per heavy atom. The van der Waals surface area contributed by atoms with Crippen molar-refractivity contribution >= 4 is 15.9 Å². The van der Waals surface area contributed by atoms with Gasteiger partial charge in [0.05, 0.1) is 0 Å². The molecule has 0 aromatic heterocycles. The fourth-order valence-electron chi connectivity index (χ4n) is 2.43. The Kier molecular flexibility index (Phi) is 3.63. The van der Waals surface area contributed by atoms with Crippen molar-refractivity contribution in [3.63, 3.8) is 0 Å². The summed E-state index contributed by atoms with van der Waals surface area (Å²) in [4.78, 5) is 0.793. The van der Waals surface area contributed by atoms with Crippen LogP contribution in [0.25, 0.3) is 0 Å². The largest absolute Gasteiger partial charge is 0.0890 e. The highest BCUT2D eigenvalue weighted by molar-refractivity contribution is 9.09. The quantitative estimate of drug-likeness (QED) is 0.634. The predicted molar refractivity (Wildman–Crippen MR) is 58.7 cm³/mol. The summed E-state index contributed by atoms with van der Waals surface area (Å²) in [6.45, 7) is 7.18. The lowest BCUT2D eigenvalue weighted by molar-refractivity contribution is 0.198. The molecule has 0 bridgehead atoms. The number of alkyl halides is 1.